The van der Waals surface area contributed by atoms with Crippen molar-refractivity contribution in [1.29, 1.82) is 0 Å². The number of carbonyl (C=O) groups excluding carboxylic acids is 1. The van der Waals surface area contributed by atoms with Crippen LogP contribution in [0.25, 0.3) is 0 Å². The van der Waals surface area contributed by atoms with Gasteiger partial charge >= 0.3 is 11.9 Å². The zero-order chi connectivity index (χ0) is 15.9. The van der Waals surface area contributed by atoms with E-state index in [9.17, 15) is 14.4 Å². The Morgan fingerprint density at radius 3 is 2.09 bits per heavy atom. The molecular weight excluding hydrogens is 286 g/mol. The van der Waals surface area contributed by atoms with Crippen molar-refractivity contribution in [2.45, 2.75) is 6.54 Å². The molecule has 3 rings (SSSR count). The second kappa shape index (κ2) is 5.00. The smallest absolute Gasteiger partial charge is 0.335 e. The van der Waals surface area contributed by atoms with Crippen LogP contribution >= 0.6 is 0 Å². The molecule has 0 atom stereocenters. The van der Waals surface area contributed by atoms with Crippen LogP contribution in [0.4, 0.5) is 5.69 Å². The first-order valence-electron chi connectivity index (χ1n) is 6.49. The Hall–Kier alpha value is -3.15. The maximum Gasteiger partial charge on any atom is 0.335 e. The number of amides is 1. The molecule has 22 heavy (non-hydrogen) atoms. The van der Waals surface area contributed by atoms with E-state index in [0.29, 0.717) is 5.56 Å². The van der Waals surface area contributed by atoms with Gasteiger partial charge in [0.15, 0.2) is 0 Å². The summed E-state index contributed by atoms with van der Waals surface area (Å²) in [6.07, 6.45) is 0. The van der Waals surface area contributed by atoms with Crippen molar-refractivity contribution < 1.29 is 24.6 Å². The van der Waals surface area contributed by atoms with Crippen LogP contribution in [0.2, 0.25) is 0 Å². The van der Waals surface area contributed by atoms with Crippen LogP contribution in [-0.4, -0.2) is 28.1 Å². The normalized spacial score (nSPS) is 13.1. The highest BCUT2D eigenvalue weighted by Crippen LogP contribution is 2.29. The van der Waals surface area contributed by atoms with Gasteiger partial charge in [0.25, 0.3) is 5.91 Å². The van der Waals surface area contributed by atoms with Gasteiger partial charge in [0.1, 0.15) is 0 Å². The van der Waals surface area contributed by atoms with E-state index < -0.39 is 11.9 Å². The number of benzene rings is 2. The number of carboxylic acids is 2. The van der Waals surface area contributed by atoms with Crippen molar-refractivity contribution in [2.24, 2.45) is 0 Å². The summed E-state index contributed by atoms with van der Waals surface area (Å²) in [5.41, 5.74) is 1.29. The molecule has 0 saturated carbocycles. The van der Waals surface area contributed by atoms with Gasteiger partial charge in [-0.3, -0.25) is 4.79 Å². The molecule has 1 aliphatic rings. The van der Waals surface area contributed by atoms with E-state index in [1.807, 2.05) is 12.1 Å². The number of hydrogen-bond donors (Lipinski definition) is 2. The summed E-state index contributed by atoms with van der Waals surface area (Å²) < 4.78 is 0. The van der Waals surface area contributed by atoms with Gasteiger partial charge in [-0.25, -0.2) is 9.59 Å². The average molecular weight is 297 g/mol. The molecule has 0 unspecified atom stereocenters. The number of carboxylic acid groups (broad SMARTS) is 2. The highest BCUT2D eigenvalue weighted by molar-refractivity contribution is 6.10. The van der Waals surface area contributed by atoms with Crippen LogP contribution in [-0.2, 0) is 6.54 Å². The van der Waals surface area contributed by atoms with Crippen LogP contribution in [0, 0.1) is 0 Å². The van der Waals surface area contributed by atoms with E-state index in [2.05, 4.69) is 0 Å². The number of anilines is 1. The van der Waals surface area contributed by atoms with E-state index in [1.165, 1.54) is 17.0 Å². The van der Waals surface area contributed by atoms with Gasteiger partial charge in [0, 0.05) is 11.3 Å². The molecule has 0 bridgehead atoms. The highest BCUT2D eigenvalue weighted by Gasteiger charge is 2.29. The summed E-state index contributed by atoms with van der Waals surface area (Å²) in [4.78, 5) is 36.1. The van der Waals surface area contributed by atoms with Gasteiger partial charge in [-0.05, 0) is 29.8 Å². The average Bonchev–Trinajstić information content (AvgIpc) is 2.84. The van der Waals surface area contributed by atoms with Crippen molar-refractivity contribution in [2.75, 3.05) is 4.90 Å². The van der Waals surface area contributed by atoms with Crippen molar-refractivity contribution in [3.63, 3.8) is 0 Å². The molecule has 0 fully saturated rings. The summed E-state index contributed by atoms with van der Waals surface area (Å²) in [5, 5.41) is 18.2. The monoisotopic (exact) mass is 297 g/mol. The van der Waals surface area contributed by atoms with Crippen LogP contribution in [0.15, 0.2) is 42.5 Å². The third-order valence-electron chi connectivity index (χ3n) is 3.54. The molecule has 110 valence electrons. The quantitative estimate of drug-likeness (QED) is 0.906. The minimum atomic E-state index is -1.24. The molecule has 0 saturated heterocycles. The van der Waals surface area contributed by atoms with Gasteiger partial charge < -0.3 is 15.1 Å². The van der Waals surface area contributed by atoms with Gasteiger partial charge in [-0.1, -0.05) is 18.2 Å². The number of carbonyl (C=O) groups is 3. The van der Waals surface area contributed by atoms with Crippen molar-refractivity contribution in [3.05, 3.63) is 64.7 Å². The fourth-order valence-electron chi connectivity index (χ4n) is 2.48. The van der Waals surface area contributed by atoms with Crippen LogP contribution in [0.1, 0.15) is 36.6 Å². The first kappa shape index (κ1) is 13.8. The zero-order valence-corrected chi connectivity index (χ0v) is 11.3. The third kappa shape index (κ3) is 2.20. The molecule has 0 spiro atoms. The molecule has 2 aromatic rings. The molecule has 0 radical (unpaired) electrons. The van der Waals surface area contributed by atoms with Crippen LogP contribution in [0.3, 0.4) is 0 Å². The van der Waals surface area contributed by atoms with E-state index in [4.69, 9.17) is 10.2 Å². The Labute approximate surface area is 125 Å². The minimum Gasteiger partial charge on any atom is -0.478 e. The molecule has 2 aromatic carbocycles. The minimum absolute atomic E-state index is 0.168. The summed E-state index contributed by atoms with van der Waals surface area (Å²) in [5.74, 6) is -2.75. The highest BCUT2D eigenvalue weighted by atomic mass is 16.4. The molecule has 1 aliphatic heterocycles. The maximum absolute atomic E-state index is 12.4. The predicted molar refractivity (Wildman–Crippen MR) is 77.3 cm³/mol. The van der Waals surface area contributed by atoms with Gasteiger partial charge in [-0.2, -0.15) is 0 Å². The van der Waals surface area contributed by atoms with Crippen molar-refractivity contribution in [1.82, 2.24) is 0 Å². The topological polar surface area (TPSA) is 94.9 Å². The summed E-state index contributed by atoms with van der Waals surface area (Å²) in [7, 11) is 0. The van der Waals surface area contributed by atoms with Gasteiger partial charge in [-0.15, -0.1) is 0 Å². The Morgan fingerprint density at radius 2 is 1.55 bits per heavy atom. The molecule has 2 N–H and O–H groups in total. The van der Waals surface area contributed by atoms with E-state index >= 15 is 0 Å². The van der Waals surface area contributed by atoms with Crippen molar-refractivity contribution >= 4 is 23.5 Å². The second-order valence-corrected chi connectivity index (χ2v) is 4.93. The zero-order valence-electron chi connectivity index (χ0n) is 11.3. The van der Waals surface area contributed by atoms with Crippen LogP contribution < -0.4 is 4.90 Å². The molecule has 0 aliphatic carbocycles. The molecule has 1 amide bonds. The lowest BCUT2D eigenvalue weighted by atomic mass is 10.1. The molecular formula is C16H11NO5. The third-order valence-corrected chi connectivity index (χ3v) is 3.54. The van der Waals surface area contributed by atoms with E-state index in [0.717, 1.165) is 11.6 Å². The lowest BCUT2D eigenvalue weighted by Crippen LogP contribution is -2.23. The number of hydrogen-bond acceptors (Lipinski definition) is 3. The molecule has 1 heterocycles. The van der Waals surface area contributed by atoms with E-state index in [-0.39, 0.29) is 29.3 Å². The van der Waals surface area contributed by atoms with Gasteiger partial charge in [0.05, 0.1) is 17.7 Å². The maximum atomic E-state index is 12.4. The summed E-state index contributed by atoms with van der Waals surface area (Å²) in [6, 6.07) is 10.7. The lowest BCUT2D eigenvalue weighted by Gasteiger charge is -2.17. The molecule has 0 aromatic heterocycles. The summed E-state index contributed by atoms with van der Waals surface area (Å²) >= 11 is 0. The van der Waals surface area contributed by atoms with Crippen molar-refractivity contribution in [3.8, 4) is 0 Å². The first-order valence-corrected chi connectivity index (χ1v) is 6.49. The SMILES string of the molecule is O=C(O)c1cc(C(=O)O)cc(N2Cc3ccccc3C2=O)c1. The second-order valence-electron chi connectivity index (χ2n) is 4.93. The molecule has 6 heteroatoms. The lowest BCUT2D eigenvalue weighted by molar-refractivity contribution is 0.0696. The number of nitrogens with zero attached hydrogens (tertiary/aromatic N) is 1. The fraction of sp³-hybridized carbons (Fsp3) is 0.0625. The Bertz CT molecular complexity index is 780. The standard InChI is InChI=1S/C16H11NO5/c18-14-13-4-2-1-3-9(13)8-17(14)12-6-10(15(19)20)5-11(7-12)16(21)22/h1-7H,8H2,(H,19,20)(H,21,22). The Morgan fingerprint density at radius 1 is 0.955 bits per heavy atom. The number of rotatable bonds is 3. The Kier molecular flexibility index (Phi) is 3.14. The Balaban J connectivity index is 2.08. The largest absolute Gasteiger partial charge is 0.478 e. The van der Waals surface area contributed by atoms with Crippen LogP contribution in [0.5, 0.6) is 0 Å². The number of fused-ring (bicyclic) bond motifs is 1. The summed E-state index contributed by atoms with van der Waals surface area (Å²) in [6.45, 7) is 0.289. The predicted octanol–water partition coefficient (Wildman–Crippen LogP) is 2.24. The fourth-order valence-corrected chi connectivity index (χ4v) is 2.48. The van der Waals surface area contributed by atoms with Gasteiger partial charge in [0.2, 0.25) is 0 Å². The molecule has 6 nitrogen and oxygen atoms in total. The number of aromatic carboxylic acids is 2. The van der Waals surface area contributed by atoms with E-state index in [1.54, 1.807) is 12.1 Å². The first-order chi connectivity index (χ1) is 10.5.